The Bertz CT molecular complexity index is 1410. The Hall–Kier alpha value is -2.66. The highest BCUT2D eigenvalue weighted by molar-refractivity contribution is 6.45. The lowest BCUT2D eigenvalue weighted by atomic mass is 10.0. The van der Waals surface area contributed by atoms with Crippen LogP contribution < -0.4 is 10.1 Å². The highest BCUT2D eigenvalue weighted by atomic mass is 35.5. The van der Waals surface area contributed by atoms with Gasteiger partial charge in [0.15, 0.2) is 0 Å². The number of rotatable bonds is 4. The number of nitrogens with zero attached hydrogens (tertiary/aromatic N) is 1. The molecule has 7 heteroatoms. The highest BCUT2D eigenvalue weighted by Crippen LogP contribution is 2.41. The van der Waals surface area contributed by atoms with Crippen LogP contribution >= 0.6 is 34.8 Å². The summed E-state index contributed by atoms with van der Waals surface area (Å²) in [6, 6.07) is 19.1. The number of nitrogens with one attached hydrogen (secondary N) is 1. The molecule has 0 bridgehead atoms. The molecule has 1 aliphatic rings. The van der Waals surface area contributed by atoms with Crippen LogP contribution in [-0.2, 0) is 0 Å². The molecule has 2 heterocycles. The van der Waals surface area contributed by atoms with Crippen molar-refractivity contribution >= 4 is 51.6 Å². The minimum atomic E-state index is -0.132. The molecule has 4 nitrogen and oxygen atoms in total. The molecule has 0 spiro atoms. The topological polar surface area (TPSA) is 43.3 Å². The fourth-order valence-electron chi connectivity index (χ4n) is 4.69. The van der Waals surface area contributed by atoms with Crippen LogP contribution in [0.5, 0.6) is 5.75 Å². The van der Waals surface area contributed by atoms with Crippen LogP contribution in [0.4, 0.5) is 0 Å². The van der Waals surface area contributed by atoms with Gasteiger partial charge in [-0.1, -0.05) is 65.1 Å². The number of amides is 1. The lowest BCUT2D eigenvalue weighted by molar-refractivity contribution is 0.0914. The van der Waals surface area contributed by atoms with Crippen LogP contribution in [0.15, 0.2) is 60.7 Å². The van der Waals surface area contributed by atoms with Gasteiger partial charge in [0.25, 0.3) is 5.91 Å². The third kappa shape index (κ3) is 4.04. The molecule has 0 unspecified atom stereocenters. The molecule has 0 radical (unpaired) electrons. The van der Waals surface area contributed by atoms with E-state index in [-0.39, 0.29) is 18.0 Å². The standard InChI is InChI=1S/C27H23Cl3N2O2/c1-15(2)32-23-8-5-7-17(20-12-16(28)13-21(29)26(20)30)19(23)14-24(32)27(33)31-22-10-11-34-25-9-4-3-6-18(22)25/h3-9,12-15,22H,10-11H2,1-2H3,(H,31,33)/t22-/m0/s1. The number of halogens is 3. The zero-order valence-corrected chi connectivity index (χ0v) is 21.0. The van der Waals surface area contributed by atoms with Gasteiger partial charge in [0, 0.05) is 39.5 Å². The molecule has 0 aliphatic carbocycles. The molecule has 1 N–H and O–H groups in total. The summed E-state index contributed by atoms with van der Waals surface area (Å²) in [5, 5.41) is 5.46. The van der Waals surface area contributed by atoms with Gasteiger partial charge in [0.2, 0.25) is 0 Å². The van der Waals surface area contributed by atoms with Gasteiger partial charge in [-0.2, -0.15) is 0 Å². The Morgan fingerprint density at radius 2 is 1.82 bits per heavy atom. The molecule has 4 aromatic rings. The maximum atomic E-state index is 13.6. The average molecular weight is 514 g/mol. The molecule has 1 aliphatic heterocycles. The molecule has 1 aromatic heterocycles. The van der Waals surface area contributed by atoms with Gasteiger partial charge in [-0.15, -0.1) is 0 Å². The zero-order valence-electron chi connectivity index (χ0n) is 18.7. The minimum Gasteiger partial charge on any atom is -0.493 e. The quantitative estimate of drug-likeness (QED) is 0.280. The molecule has 0 fully saturated rings. The number of hydrogen-bond donors (Lipinski definition) is 1. The van der Waals surface area contributed by atoms with Crippen molar-refractivity contribution in [2.45, 2.75) is 32.4 Å². The molecule has 0 saturated heterocycles. The van der Waals surface area contributed by atoms with Crippen molar-refractivity contribution in [3.8, 4) is 16.9 Å². The maximum Gasteiger partial charge on any atom is 0.268 e. The van der Waals surface area contributed by atoms with Gasteiger partial charge in [0.1, 0.15) is 11.4 Å². The smallest absolute Gasteiger partial charge is 0.268 e. The van der Waals surface area contributed by atoms with Gasteiger partial charge in [-0.25, -0.2) is 0 Å². The van der Waals surface area contributed by atoms with E-state index < -0.39 is 0 Å². The number of ether oxygens (including phenoxy) is 1. The van der Waals surface area contributed by atoms with E-state index in [1.807, 2.05) is 48.5 Å². The molecule has 1 amide bonds. The third-order valence-electron chi connectivity index (χ3n) is 6.18. The van der Waals surface area contributed by atoms with Gasteiger partial charge in [-0.05, 0) is 49.7 Å². The first-order valence-electron chi connectivity index (χ1n) is 11.2. The van der Waals surface area contributed by atoms with E-state index in [0.717, 1.165) is 33.3 Å². The van der Waals surface area contributed by atoms with Crippen LogP contribution in [0.3, 0.4) is 0 Å². The van der Waals surface area contributed by atoms with E-state index in [9.17, 15) is 4.79 Å². The molecule has 34 heavy (non-hydrogen) atoms. The fraction of sp³-hybridized carbons (Fsp3) is 0.222. The predicted octanol–water partition coefficient (Wildman–Crippen LogP) is 8.10. The lowest BCUT2D eigenvalue weighted by Crippen LogP contribution is -2.33. The lowest BCUT2D eigenvalue weighted by Gasteiger charge is -2.27. The van der Waals surface area contributed by atoms with Crippen molar-refractivity contribution in [2.75, 3.05) is 6.61 Å². The van der Waals surface area contributed by atoms with E-state index in [0.29, 0.717) is 33.8 Å². The molecule has 0 saturated carbocycles. The number of aromatic nitrogens is 1. The Morgan fingerprint density at radius 1 is 1.03 bits per heavy atom. The summed E-state index contributed by atoms with van der Waals surface area (Å²) in [7, 11) is 0. The summed E-state index contributed by atoms with van der Waals surface area (Å²) < 4.78 is 7.81. The van der Waals surface area contributed by atoms with E-state index in [4.69, 9.17) is 39.5 Å². The molecule has 174 valence electrons. The number of carbonyl (C=O) groups is 1. The van der Waals surface area contributed by atoms with Gasteiger partial charge in [0.05, 0.1) is 22.7 Å². The van der Waals surface area contributed by atoms with Crippen LogP contribution in [0.1, 0.15) is 48.4 Å². The summed E-state index contributed by atoms with van der Waals surface area (Å²) in [6.45, 7) is 4.69. The monoisotopic (exact) mass is 512 g/mol. The number of carbonyl (C=O) groups excluding carboxylic acids is 1. The number of fused-ring (bicyclic) bond motifs is 2. The van der Waals surface area contributed by atoms with Crippen molar-refractivity contribution in [1.82, 2.24) is 9.88 Å². The summed E-state index contributed by atoms with van der Waals surface area (Å²) in [6.07, 6.45) is 0.715. The van der Waals surface area contributed by atoms with Gasteiger partial charge in [-0.3, -0.25) is 4.79 Å². The van der Waals surface area contributed by atoms with E-state index >= 15 is 0 Å². The number of para-hydroxylation sites is 1. The second-order valence-electron chi connectivity index (χ2n) is 8.68. The largest absolute Gasteiger partial charge is 0.493 e. The molecular formula is C27H23Cl3N2O2. The Morgan fingerprint density at radius 3 is 2.62 bits per heavy atom. The molecule has 3 aromatic carbocycles. The second-order valence-corrected chi connectivity index (χ2v) is 9.90. The van der Waals surface area contributed by atoms with Crippen LogP contribution in [0.25, 0.3) is 22.0 Å². The van der Waals surface area contributed by atoms with Crippen molar-refractivity contribution in [3.63, 3.8) is 0 Å². The van der Waals surface area contributed by atoms with Crippen LogP contribution in [0.2, 0.25) is 15.1 Å². The number of hydrogen-bond acceptors (Lipinski definition) is 2. The summed E-state index contributed by atoms with van der Waals surface area (Å²) in [4.78, 5) is 13.6. The average Bonchev–Trinajstić information content (AvgIpc) is 3.22. The minimum absolute atomic E-state index is 0.0638. The predicted molar refractivity (Wildman–Crippen MR) is 140 cm³/mol. The number of benzene rings is 3. The first-order valence-corrected chi connectivity index (χ1v) is 12.3. The van der Waals surface area contributed by atoms with E-state index in [2.05, 4.69) is 23.7 Å². The Balaban J connectivity index is 1.61. The highest BCUT2D eigenvalue weighted by Gasteiger charge is 2.26. The van der Waals surface area contributed by atoms with Crippen LogP contribution in [-0.4, -0.2) is 17.1 Å². The van der Waals surface area contributed by atoms with Crippen molar-refractivity contribution < 1.29 is 9.53 Å². The molecular weight excluding hydrogens is 491 g/mol. The first kappa shape index (κ1) is 23.1. The maximum absolute atomic E-state index is 13.6. The second kappa shape index (κ2) is 9.18. The fourth-order valence-corrected chi connectivity index (χ4v) is 5.40. The SMILES string of the molecule is CC(C)n1c(C(=O)N[C@H]2CCOc3ccccc32)cc2c(-c3cc(Cl)cc(Cl)c3Cl)cccc21. The molecule has 1 atom stereocenters. The first-order chi connectivity index (χ1) is 16.3. The summed E-state index contributed by atoms with van der Waals surface area (Å²) in [5.74, 6) is 0.686. The van der Waals surface area contributed by atoms with Crippen molar-refractivity contribution in [2.24, 2.45) is 0 Å². The van der Waals surface area contributed by atoms with Gasteiger partial charge >= 0.3 is 0 Å². The molecule has 5 rings (SSSR count). The normalized spacial score (nSPS) is 15.3. The van der Waals surface area contributed by atoms with Crippen molar-refractivity contribution in [3.05, 3.63) is 87.0 Å². The van der Waals surface area contributed by atoms with Crippen molar-refractivity contribution in [1.29, 1.82) is 0 Å². The van der Waals surface area contributed by atoms with Gasteiger partial charge < -0.3 is 14.6 Å². The summed E-state index contributed by atoms with van der Waals surface area (Å²) >= 11 is 19.2. The Kier molecular flexibility index (Phi) is 6.24. The van der Waals surface area contributed by atoms with E-state index in [1.54, 1.807) is 12.1 Å². The summed E-state index contributed by atoms with van der Waals surface area (Å²) in [5.41, 5.74) is 4.13. The Labute approximate surface area is 213 Å². The third-order valence-corrected chi connectivity index (χ3v) is 7.20. The zero-order chi connectivity index (χ0) is 24.0. The van der Waals surface area contributed by atoms with E-state index in [1.165, 1.54) is 0 Å². The van der Waals surface area contributed by atoms with Crippen LogP contribution in [0, 0.1) is 0 Å².